The first-order valence-corrected chi connectivity index (χ1v) is 5.81. The molecule has 0 aliphatic heterocycles. The molecular weight excluding hydrogens is 234 g/mol. The Labute approximate surface area is 105 Å². The maximum absolute atomic E-state index is 12.1. The van der Waals surface area contributed by atoms with Gasteiger partial charge in [0.25, 0.3) is 0 Å². The third-order valence-electron chi connectivity index (χ3n) is 2.27. The molecule has 0 atom stereocenters. The fourth-order valence-corrected chi connectivity index (χ4v) is 1.92. The summed E-state index contributed by atoms with van der Waals surface area (Å²) in [5.74, 6) is 0. The molecule has 0 aliphatic carbocycles. The lowest BCUT2D eigenvalue weighted by molar-refractivity contribution is 0.234. The van der Waals surface area contributed by atoms with E-state index in [4.69, 9.17) is 12.2 Å². The van der Waals surface area contributed by atoms with Crippen LogP contribution in [0.25, 0.3) is 11.0 Å². The van der Waals surface area contributed by atoms with Crippen LogP contribution in [0.4, 0.5) is 4.79 Å². The van der Waals surface area contributed by atoms with Gasteiger partial charge in [-0.05, 0) is 45.1 Å². The summed E-state index contributed by atoms with van der Waals surface area (Å²) in [6.07, 6.45) is 0. The number of H-pyrrole nitrogens is 1. The van der Waals surface area contributed by atoms with Crippen molar-refractivity contribution in [2.24, 2.45) is 0 Å². The molecule has 0 aliphatic rings. The molecule has 4 nitrogen and oxygen atoms in total. The van der Waals surface area contributed by atoms with Crippen LogP contribution in [0, 0.1) is 4.77 Å². The molecule has 1 amide bonds. The first-order chi connectivity index (χ1) is 7.88. The average molecular weight is 249 g/mol. The molecule has 0 bridgehead atoms. The number of para-hydroxylation sites is 2. The number of aromatic nitrogens is 2. The van der Waals surface area contributed by atoms with E-state index in [-0.39, 0.29) is 11.6 Å². The molecule has 1 heterocycles. The van der Waals surface area contributed by atoms with Gasteiger partial charge >= 0.3 is 6.03 Å². The Morgan fingerprint density at radius 3 is 2.65 bits per heavy atom. The highest BCUT2D eigenvalue weighted by Gasteiger charge is 2.17. The highest BCUT2D eigenvalue weighted by atomic mass is 32.1. The summed E-state index contributed by atoms with van der Waals surface area (Å²) >= 11 is 5.16. The van der Waals surface area contributed by atoms with Crippen molar-refractivity contribution in [2.75, 3.05) is 0 Å². The number of amides is 1. The van der Waals surface area contributed by atoms with Gasteiger partial charge < -0.3 is 10.3 Å². The van der Waals surface area contributed by atoms with E-state index in [0.29, 0.717) is 4.77 Å². The smallest absolute Gasteiger partial charge is 0.328 e. The van der Waals surface area contributed by atoms with Gasteiger partial charge in [-0.1, -0.05) is 12.1 Å². The zero-order valence-electron chi connectivity index (χ0n) is 10.1. The molecule has 2 rings (SSSR count). The van der Waals surface area contributed by atoms with E-state index < -0.39 is 0 Å². The normalized spacial score (nSPS) is 11.7. The van der Waals surface area contributed by atoms with E-state index in [1.807, 2.05) is 45.0 Å². The zero-order valence-corrected chi connectivity index (χ0v) is 10.9. The SMILES string of the molecule is CC(C)(C)NC(=O)n1c(=S)[nH]c2ccccc21. The lowest BCUT2D eigenvalue weighted by atomic mass is 10.1. The number of hydrogen-bond acceptors (Lipinski definition) is 2. The van der Waals surface area contributed by atoms with Crippen LogP contribution >= 0.6 is 12.2 Å². The van der Waals surface area contributed by atoms with Crippen LogP contribution in [-0.4, -0.2) is 21.1 Å². The molecule has 2 N–H and O–H groups in total. The second kappa shape index (κ2) is 4.00. The third kappa shape index (κ3) is 2.39. The lowest BCUT2D eigenvalue weighted by Crippen LogP contribution is -2.42. The summed E-state index contributed by atoms with van der Waals surface area (Å²) in [7, 11) is 0. The molecule has 17 heavy (non-hydrogen) atoms. The standard InChI is InChI=1S/C12H15N3OS/c1-12(2,3)14-10(16)15-9-7-5-4-6-8(9)13-11(15)17/h4-7H,1-3H3,(H,13,17)(H,14,16). The molecule has 0 spiro atoms. The Hall–Kier alpha value is -1.62. The van der Waals surface area contributed by atoms with Crippen LogP contribution in [-0.2, 0) is 0 Å². The van der Waals surface area contributed by atoms with Gasteiger partial charge in [0, 0.05) is 5.54 Å². The quantitative estimate of drug-likeness (QED) is 0.705. The largest absolute Gasteiger partial charge is 0.333 e. The van der Waals surface area contributed by atoms with Gasteiger partial charge in [-0.15, -0.1) is 0 Å². The molecule has 90 valence electrons. The van der Waals surface area contributed by atoms with Crippen LogP contribution in [0.2, 0.25) is 0 Å². The summed E-state index contributed by atoms with van der Waals surface area (Å²) in [5, 5.41) is 2.89. The minimum atomic E-state index is -0.287. The second-order valence-electron chi connectivity index (χ2n) is 4.96. The molecule has 0 fully saturated rings. The van der Waals surface area contributed by atoms with E-state index >= 15 is 0 Å². The molecule has 2 aromatic rings. The van der Waals surface area contributed by atoms with Gasteiger partial charge in [-0.25, -0.2) is 9.36 Å². The van der Waals surface area contributed by atoms with E-state index in [1.165, 1.54) is 4.57 Å². The Morgan fingerprint density at radius 1 is 1.35 bits per heavy atom. The van der Waals surface area contributed by atoms with Crippen LogP contribution < -0.4 is 5.32 Å². The minimum Gasteiger partial charge on any atom is -0.333 e. The number of fused-ring (bicyclic) bond motifs is 1. The van der Waals surface area contributed by atoms with Gasteiger partial charge in [-0.3, -0.25) is 0 Å². The van der Waals surface area contributed by atoms with Crippen molar-refractivity contribution in [1.82, 2.24) is 14.9 Å². The molecule has 1 aromatic heterocycles. The second-order valence-corrected chi connectivity index (χ2v) is 5.35. The Morgan fingerprint density at radius 2 is 2.00 bits per heavy atom. The van der Waals surface area contributed by atoms with Crippen molar-refractivity contribution in [3.63, 3.8) is 0 Å². The molecule has 0 unspecified atom stereocenters. The number of aromatic amines is 1. The predicted octanol–water partition coefficient (Wildman–Crippen LogP) is 3.06. The number of carbonyl (C=O) groups is 1. The fraction of sp³-hybridized carbons (Fsp3) is 0.333. The first kappa shape index (κ1) is 11.9. The summed E-state index contributed by atoms with van der Waals surface area (Å²) in [6, 6.07) is 7.33. The Bertz CT molecular complexity index is 618. The molecular formula is C12H15N3OS. The molecule has 5 heteroatoms. The van der Waals surface area contributed by atoms with Crippen molar-refractivity contribution >= 4 is 29.3 Å². The van der Waals surface area contributed by atoms with Crippen molar-refractivity contribution in [3.8, 4) is 0 Å². The lowest BCUT2D eigenvalue weighted by Gasteiger charge is -2.20. The number of benzene rings is 1. The molecule has 0 saturated heterocycles. The fourth-order valence-electron chi connectivity index (χ4n) is 1.63. The zero-order chi connectivity index (χ0) is 12.6. The number of nitrogens with one attached hydrogen (secondary N) is 2. The monoisotopic (exact) mass is 249 g/mol. The van der Waals surface area contributed by atoms with Gasteiger partial charge in [-0.2, -0.15) is 0 Å². The first-order valence-electron chi connectivity index (χ1n) is 5.41. The topological polar surface area (TPSA) is 49.8 Å². The van der Waals surface area contributed by atoms with Crippen LogP contribution in [0.15, 0.2) is 24.3 Å². The van der Waals surface area contributed by atoms with Crippen LogP contribution in [0.3, 0.4) is 0 Å². The summed E-state index contributed by atoms with van der Waals surface area (Å²) in [5.41, 5.74) is 1.37. The minimum absolute atomic E-state index is 0.208. The van der Waals surface area contributed by atoms with Gasteiger partial charge in [0.15, 0.2) is 4.77 Å². The predicted molar refractivity (Wildman–Crippen MR) is 70.8 cm³/mol. The van der Waals surface area contributed by atoms with Gasteiger partial charge in [0.05, 0.1) is 11.0 Å². The van der Waals surface area contributed by atoms with Crippen molar-refractivity contribution < 1.29 is 4.79 Å². The van der Waals surface area contributed by atoms with Gasteiger partial charge in [0.1, 0.15) is 0 Å². The van der Waals surface area contributed by atoms with Crippen LogP contribution in [0.1, 0.15) is 20.8 Å². The Balaban J connectivity index is 2.52. The number of carbonyl (C=O) groups excluding carboxylic acids is 1. The van der Waals surface area contributed by atoms with Crippen molar-refractivity contribution in [1.29, 1.82) is 0 Å². The van der Waals surface area contributed by atoms with E-state index in [9.17, 15) is 4.79 Å². The number of rotatable bonds is 0. The number of nitrogens with zero attached hydrogens (tertiary/aromatic N) is 1. The maximum atomic E-state index is 12.1. The highest BCUT2D eigenvalue weighted by Crippen LogP contribution is 2.13. The van der Waals surface area contributed by atoms with Gasteiger partial charge in [0.2, 0.25) is 0 Å². The molecule has 0 radical (unpaired) electrons. The maximum Gasteiger partial charge on any atom is 0.328 e. The summed E-state index contributed by atoms with van der Waals surface area (Å²) in [4.78, 5) is 15.1. The van der Waals surface area contributed by atoms with E-state index in [1.54, 1.807) is 0 Å². The Kier molecular flexibility index (Phi) is 2.79. The molecule has 1 aromatic carbocycles. The number of hydrogen-bond donors (Lipinski definition) is 2. The van der Waals surface area contributed by atoms with Crippen LogP contribution in [0.5, 0.6) is 0 Å². The third-order valence-corrected chi connectivity index (χ3v) is 2.56. The van der Waals surface area contributed by atoms with E-state index in [0.717, 1.165) is 11.0 Å². The summed E-state index contributed by atoms with van der Waals surface area (Å²) < 4.78 is 1.89. The summed E-state index contributed by atoms with van der Waals surface area (Å²) in [6.45, 7) is 5.80. The average Bonchev–Trinajstić information content (AvgIpc) is 2.50. The highest BCUT2D eigenvalue weighted by molar-refractivity contribution is 7.71. The van der Waals surface area contributed by atoms with Crippen molar-refractivity contribution in [2.45, 2.75) is 26.3 Å². The van der Waals surface area contributed by atoms with E-state index in [2.05, 4.69) is 10.3 Å². The number of imidazole rings is 1. The molecule has 0 saturated carbocycles. The van der Waals surface area contributed by atoms with Crippen molar-refractivity contribution in [3.05, 3.63) is 29.0 Å².